The summed E-state index contributed by atoms with van der Waals surface area (Å²) < 4.78 is 0. The average Bonchev–Trinajstić information content (AvgIpc) is 2.87. The Labute approximate surface area is 137 Å². The van der Waals surface area contributed by atoms with Crippen LogP contribution in [0.15, 0.2) is 18.2 Å². The number of Topliss-reactive ketones (excluding diaryl/α,β-unsaturated/α-hetero) is 1. The van der Waals surface area contributed by atoms with Gasteiger partial charge in [-0.2, -0.15) is 0 Å². The number of amides is 1. The Hall–Kier alpha value is -1.68. The van der Waals surface area contributed by atoms with E-state index in [0.29, 0.717) is 5.56 Å². The Morgan fingerprint density at radius 1 is 1.09 bits per heavy atom. The number of likely N-dealkylation sites (tertiary alicyclic amines) is 1. The third-order valence-electron chi connectivity index (χ3n) is 5.82. The molecular formula is C19H24N2O2. The molecule has 2 aliphatic heterocycles. The van der Waals surface area contributed by atoms with Crippen LogP contribution < -0.4 is 5.32 Å². The Morgan fingerprint density at radius 3 is 2.57 bits per heavy atom. The van der Waals surface area contributed by atoms with Gasteiger partial charge in [-0.15, -0.1) is 0 Å². The van der Waals surface area contributed by atoms with Crippen LogP contribution in [0.1, 0.15) is 58.4 Å². The number of hydrogen-bond donors (Lipinski definition) is 1. The molecule has 1 N–H and O–H groups in total. The molecule has 1 spiro atoms. The summed E-state index contributed by atoms with van der Waals surface area (Å²) in [6, 6.07) is 5.80. The van der Waals surface area contributed by atoms with Gasteiger partial charge in [0.25, 0.3) is 5.91 Å². The van der Waals surface area contributed by atoms with Gasteiger partial charge in [0.1, 0.15) is 0 Å². The Bertz CT molecular complexity index is 641. The Morgan fingerprint density at radius 2 is 1.83 bits per heavy atom. The molecule has 4 heteroatoms. The molecule has 2 fully saturated rings. The second kappa shape index (κ2) is 5.75. The zero-order valence-electron chi connectivity index (χ0n) is 13.6. The number of hydrogen-bond acceptors (Lipinski definition) is 3. The molecule has 1 aromatic carbocycles. The minimum Gasteiger partial charge on any atom is -0.339 e. The second-order valence-corrected chi connectivity index (χ2v) is 7.26. The van der Waals surface area contributed by atoms with Crippen LogP contribution in [0.5, 0.6) is 0 Å². The largest absolute Gasteiger partial charge is 0.339 e. The highest BCUT2D eigenvalue weighted by Crippen LogP contribution is 2.43. The summed E-state index contributed by atoms with van der Waals surface area (Å²) >= 11 is 0. The number of carbonyl (C=O) groups excluding carboxylic acids is 2. The number of ketones is 1. The van der Waals surface area contributed by atoms with Gasteiger partial charge in [0.2, 0.25) is 0 Å². The van der Waals surface area contributed by atoms with Gasteiger partial charge < -0.3 is 10.2 Å². The normalized spacial score (nSPS) is 23.1. The average molecular weight is 312 g/mol. The van der Waals surface area contributed by atoms with E-state index in [0.717, 1.165) is 69.4 Å². The molecule has 0 aromatic heterocycles. The molecule has 2 saturated heterocycles. The van der Waals surface area contributed by atoms with E-state index >= 15 is 0 Å². The summed E-state index contributed by atoms with van der Waals surface area (Å²) in [5, 5.41) is 3.34. The van der Waals surface area contributed by atoms with Crippen molar-refractivity contribution in [3.63, 3.8) is 0 Å². The van der Waals surface area contributed by atoms with Gasteiger partial charge in [-0.05, 0) is 69.3 Å². The lowest BCUT2D eigenvalue weighted by atomic mass is 9.75. The van der Waals surface area contributed by atoms with Gasteiger partial charge in [-0.25, -0.2) is 0 Å². The van der Waals surface area contributed by atoms with Crippen molar-refractivity contribution in [3.8, 4) is 0 Å². The lowest BCUT2D eigenvalue weighted by molar-refractivity contribution is 0.0724. The lowest BCUT2D eigenvalue weighted by Crippen LogP contribution is -2.40. The number of fused-ring (bicyclic) bond motifs is 1. The molecule has 1 aromatic rings. The molecule has 1 aliphatic carbocycles. The van der Waals surface area contributed by atoms with Crippen LogP contribution in [0.4, 0.5) is 0 Å². The van der Waals surface area contributed by atoms with Gasteiger partial charge in [0.15, 0.2) is 5.78 Å². The first kappa shape index (κ1) is 14.9. The van der Waals surface area contributed by atoms with Gasteiger partial charge in [-0.3, -0.25) is 9.59 Å². The van der Waals surface area contributed by atoms with Crippen molar-refractivity contribution in [3.05, 3.63) is 34.9 Å². The Balaban J connectivity index is 1.60. The van der Waals surface area contributed by atoms with Crippen LogP contribution in [0.25, 0.3) is 0 Å². The SMILES string of the molecule is O=C(c1ccc2c(c1)C(=O)C1(CCNCC1)C2)N1CCCCC1. The van der Waals surface area contributed by atoms with Gasteiger partial charge >= 0.3 is 0 Å². The maximum absolute atomic E-state index is 13.0. The smallest absolute Gasteiger partial charge is 0.253 e. The molecule has 3 aliphatic rings. The highest BCUT2D eigenvalue weighted by Gasteiger charge is 2.45. The molecule has 4 rings (SSSR count). The molecule has 2 heterocycles. The van der Waals surface area contributed by atoms with Crippen molar-refractivity contribution in [1.82, 2.24) is 10.2 Å². The highest BCUT2D eigenvalue weighted by molar-refractivity contribution is 6.07. The minimum absolute atomic E-state index is 0.0894. The Kier molecular flexibility index (Phi) is 3.72. The first-order valence-corrected chi connectivity index (χ1v) is 8.87. The van der Waals surface area contributed by atoms with Crippen molar-refractivity contribution in [1.29, 1.82) is 0 Å². The van der Waals surface area contributed by atoms with Crippen LogP contribution in [0.3, 0.4) is 0 Å². The fourth-order valence-electron chi connectivity index (χ4n) is 4.39. The van der Waals surface area contributed by atoms with E-state index in [4.69, 9.17) is 0 Å². The highest BCUT2D eigenvalue weighted by atomic mass is 16.2. The molecule has 23 heavy (non-hydrogen) atoms. The standard InChI is InChI=1S/C19H24N2O2/c22-17-16-12-14(18(23)21-10-2-1-3-11-21)4-5-15(16)13-19(17)6-8-20-9-7-19/h4-5,12,20H,1-3,6-11,13H2. The summed E-state index contributed by atoms with van der Waals surface area (Å²) in [6.07, 6.45) is 6.06. The predicted octanol–water partition coefficient (Wildman–Crippen LogP) is 2.42. The second-order valence-electron chi connectivity index (χ2n) is 7.26. The molecular weight excluding hydrogens is 288 g/mol. The maximum Gasteiger partial charge on any atom is 0.253 e. The quantitative estimate of drug-likeness (QED) is 0.866. The first-order chi connectivity index (χ1) is 11.2. The number of rotatable bonds is 1. The van der Waals surface area contributed by atoms with Gasteiger partial charge in [-0.1, -0.05) is 6.07 Å². The van der Waals surface area contributed by atoms with E-state index in [1.807, 2.05) is 23.1 Å². The van der Waals surface area contributed by atoms with Crippen molar-refractivity contribution in [2.24, 2.45) is 5.41 Å². The first-order valence-electron chi connectivity index (χ1n) is 8.87. The summed E-state index contributed by atoms with van der Waals surface area (Å²) in [5.41, 5.74) is 2.41. The minimum atomic E-state index is -0.208. The van der Waals surface area contributed by atoms with Crippen molar-refractivity contribution < 1.29 is 9.59 Å². The summed E-state index contributed by atoms with van der Waals surface area (Å²) in [6.45, 7) is 3.53. The molecule has 0 unspecified atom stereocenters. The van der Waals surface area contributed by atoms with Crippen molar-refractivity contribution >= 4 is 11.7 Å². The van der Waals surface area contributed by atoms with Crippen LogP contribution in [0, 0.1) is 5.41 Å². The third kappa shape index (κ3) is 2.49. The number of nitrogens with zero attached hydrogens (tertiary/aromatic N) is 1. The zero-order valence-corrected chi connectivity index (χ0v) is 13.6. The van der Waals surface area contributed by atoms with E-state index in [1.54, 1.807) is 0 Å². The van der Waals surface area contributed by atoms with E-state index in [1.165, 1.54) is 6.42 Å². The maximum atomic E-state index is 13.0. The van der Waals surface area contributed by atoms with E-state index < -0.39 is 0 Å². The lowest BCUT2D eigenvalue weighted by Gasteiger charge is -2.31. The van der Waals surface area contributed by atoms with Crippen molar-refractivity contribution in [2.75, 3.05) is 26.2 Å². The number of benzene rings is 1. The summed E-state index contributed by atoms with van der Waals surface area (Å²) in [5.74, 6) is 0.355. The van der Waals surface area contributed by atoms with Crippen LogP contribution in [0.2, 0.25) is 0 Å². The number of nitrogens with one attached hydrogen (secondary N) is 1. The predicted molar refractivity (Wildman–Crippen MR) is 88.8 cm³/mol. The molecule has 0 radical (unpaired) electrons. The molecule has 1 amide bonds. The third-order valence-corrected chi connectivity index (χ3v) is 5.82. The molecule has 0 atom stereocenters. The topological polar surface area (TPSA) is 49.4 Å². The van der Waals surface area contributed by atoms with Crippen LogP contribution >= 0.6 is 0 Å². The van der Waals surface area contributed by atoms with Crippen molar-refractivity contribution in [2.45, 2.75) is 38.5 Å². The number of carbonyl (C=O) groups is 2. The fourth-order valence-corrected chi connectivity index (χ4v) is 4.39. The molecule has 0 saturated carbocycles. The van der Waals surface area contributed by atoms with Crippen LogP contribution in [-0.2, 0) is 6.42 Å². The molecule has 4 nitrogen and oxygen atoms in total. The van der Waals surface area contributed by atoms with Crippen LogP contribution in [-0.4, -0.2) is 42.8 Å². The summed E-state index contributed by atoms with van der Waals surface area (Å²) in [4.78, 5) is 27.6. The van der Waals surface area contributed by atoms with E-state index in [2.05, 4.69) is 5.32 Å². The van der Waals surface area contributed by atoms with E-state index in [9.17, 15) is 9.59 Å². The van der Waals surface area contributed by atoms with E-state index in [-0.39, 0.29) is 17.1 Å². The fraction of sp³-hybridized carbons (Fsp3) is 0.579. The monoisotopic (exact) mass is 312 g/mol. The van der Waals surface area contributed by atoms with Gasteiger partial charge in [0, 0.05) is 29.6 Å². The molecule has 122 valence electrons. The zero-order chi connectivity index (χ0) is 15.9. The summed E-state index contributed by atoms with van der Waals surface area (Å²) in [7, 11) is 0. The van der Waals surface area contributed by atoms with Gasteiger partial charge in [0.05, 0.1) is 0 Å². The number of piperidine rings is 2. The molecule has 0 bridgehead atoms.